The van der Waals surface area contributed by atoms with Crippen LogP contribution in [0.2, 0.25) is 0 Å². The standard InChI is InChI=1S/C24H33N3O2.ClH/c1-17(2)23(24(29)27-12-10-18(11-13-27)16-25-3)26-22(28)15-19-8-9-20-6-4-5-7-21(20)14-19;/h4-9,14,17-18,23,25H,10-13,15-16H2,1-3H3,(H,26,28);1H. The van der Waals surface area contributed by atoms with Gasteiger partial charge in [-0.3, -0.25) is 9.59 Å². The second-order valence-corrected chi connectivity index (χ2v) is 8.47. The van der Waals surface area contributed by atoms with E-state index >= 15 is 0 Å². The zero-order chi connectivity index (χ0) is 20.8. The van der Waals surface area contributed by atoms with Gasteiger partial charge in [0.1, 0.15) is 6.04 Å². The minimum Gasteiger partial charge on any atom is -0.344 e. The average Bonchev–Trinajstić information content (AvgIpc) is 2.72. The Morgan fingerprint density at radius 2 is 1.73 bits per heavy atom. The maximum atomic E-state index is 13.1. The Kier molecular flexibility index (Phi) is 9.12. The summed E-state index contributed by atoms with van der Waals surface area (Å²) in [5.41, 5.74) is 0.962. The molecule has 1 aliphatic heterocycles. The first-order valence-corrected chi connectivity index (χ1v) is 10.7. The highest BCUT2D eigenvalue weighted by Gasteiger charge is 2.31. The number of amides is 2. The minimum atomic E-state index is -0.469. The van der Waals surface area contributed by atoms with E-state index in [1.165, 1.54) is 0 Å². The van der Waals surface area contributed by atoms with Gasteiger partial charge in [-0.05, 0) is 54.6 Å². The second-order valence-electron chi connectivity index (χ2n) is 8.47. The molecule has 1 saturated heterocycles. The van der Waals surface area contributed by atoms with E-state index in [0.29, 0.717) is 5.92 Å². The van der Waals surface area contributed by atoms with E-state index in [-0.39, 0.29) is 36.6 Å². The van der Waals surface area contributed by atoms with Crippen molar-refractivity contribution in [3.63, 3.8) is 0 Å². The number of likely N-dealkylation sites (tertiary alicyclic amines) is 1. The van der Waals surface area contributed by atoms with Crippen molar-refractivity contribution < 1.29 is 9.59 Å². The third kappa shape index (κ3) is 6.19. The first-order chi connectivity index (χ1) is 14.0. The summed E-state index contributed by atoms with van der Waals surface area (Å²) < 4.78 is 0. The lowest BCUT2D eigenvalue weighted by molar-refractivity contribution is -0.138. The second kappa shape index (κ2) is 11.3. The molecular formula is C24H34ClN3O2. The van der Waals surface area contributed by atoms with Gasteiger partial charge in [-0.1, -0.05) is 56.3 Å². The fraction of sp³-hybridized carbons (Fsp3) is 0.500. The number of nitrogens with zero attached hydrogens (tertiary/aromatic N) is 1. The predicted octanol–water partition coefficient (Wildman–Crippen LogP) is 3.40. The molecule has 5 nitrogen and oxygen atoms in total. The van der Waals surface area contributed by atoms with Crippen LogP contribution in [-0.2, 0) is 16.0 Å². The number of halogens is 1. The summed E-state index contributed by atoms with van der Waals surface area (Å²) in [4.78, 5) is 27.7. The number of hydrogen-bond donors (Lipinski definition) is 2. The van der Waals surface area contributed by atoms with Crippen LogP contribution in [0.25, 0.3) is 10.8 Å². The molecule has 2 N–H and O–H groups in total. The summed E-state index contributed by atoms with van der Waals surface area (Å²) in [6.45, 7) is 6.53. The van der Waals surface area contributed by atoms with Crippen molar-refractivity contribution in [1.82, 2.24) is 15.5 Å². The summed E-state index contributed by atoms with van der Waals surface area (Å²) in [5.74, 6) is 0.634. The zero-order valence-electron chi connectivity index (χ0n) is 18.2. The number of piperidine rings is 1. The van der Waals surface area contributed by atoms with Crippen LogP contribution in [0, 0.1) is 11.8 Å². The van der Waals surface area contributed by atoms with Crippen LogP contribution < -0.4 is 10.6 Å². The highest BCUT2D eigenvalue weighted by atomic mass is 35.5. The highest BCUT2D eigenvalue weighted by molar-refractivity contribution is 5.90. The number of carbonyl (C=O) groups excluding carboxylic acids is 2. The van der Waals surface area contributed by atoms with Crippen molar-refractivity contribution in [1.29, 1.82) is 0 Å². The maximum Gasteiger partial charge on any atom is 0.245 e. The van der Waals surface area contributed by atoms with Crippen molar-refractivity contribution in [2.45, 2.75) is 39.2 Å². The number of nitrogens with one attached hydrogen (secondary N) is 2. The van der Waals surface area contributed by atoms with Crippen molar-refractivity contribution in [3.8, 4) is 0 Å². The van der Waals surface area contributed by atoms with E-state index in [2.05, 4.69) is 22.8 Å². The SMILES string of the molecule is CNCC1CCN(C(=O)C(NC(=O)Cc2ccc3ccccc3c2)C(C)C)CC1.Cl. The van der Waals surface area contributed by atoms with Gasteiger partial charge in [0.2, 0.25) is 11.8 Å². The highest BCUT2D eigenvalue weighted by Crippen LogP contribution is 2.19. The first kappa shape index (κ1) is 24.2. The third-order valence-electron chi connectivity index (χ3n) is 5.85. The summed E-state index contributed by atoms with van der Waals surface area (Å²) in [7, 11) is 1.97. The molecule has 1 unspecified atom stereocenters. The maximum absolute atomic E-state index is 13.1. The van der Waals surface area contributed by atoms with E-state index in [9.17, 15) is 9.59 Å². The van der Waals surface area contributed by atoms with Gasteiger partial charge in [-0.25, -0.2) is 0 Å². The van der Waals surface area contributed by atoms with Crippen LogP contribution in [0.3, 0.4) is 0 Å². The third-order valence-corrected chi connectivity index (χ3v) is 5.85. The summed E-state index contributed by atoms with van der Waals surface area (Å²) in [6.07, 6.45) is 2.32. The normalized spacial score (nSPS) is 15.7. The van der Waals surface area contributed by atoms with Gasteiger partial charge in [0, 0.05) is 13.1 Å². The molecule has 0 spiro atoms. The Morgan fingerprint density at radius 1 is 1.07 bits per heavy atom. The van der Waals surface area contributed by atoms with Crippen LogP contribution in [0.1, 0.15) is 32.3 Å². The van der Waals surface area contributed by atoms with Gasteiger partial charge in [0.15, 0.2) is 0 Å². The van der Waals surface area contributed by atoms with E-state index in [4.69, 9.17) is 0 Å². The van der Waals surface area contributed by atoms with Crippen molar-refractivity contribution in [3.05, 3.63) is 48.0 Å². The molecule has 2 aromatic rings. The molecule has 1 heterocycles. The number of benzene rings is 2. The van der Waals surface area contributed by atoms with E-state index in [1.54, 1.807) is 0 Å². The molecule has 3 rings (SSSR count). The molecule has 1 atom stereocenters. The quantitative estimate of drug-likeness (QED) is 0.706. The lowest BCUT2D eigenvalue weighted by Crippen LogP contribution is -2.53. The molecule has 0 bridgehead atoms. The monoisotopic (exact) mass is 431 g/mol. The van der Waals surface area contributed by atoms with Gasteiger partial charge >= 0.3 is 0 Å². The fourth-order valence-electron chi connectivity index (χ4n) is 4.12. The Morgan fingerprint density at radius 3 is 2.37 bits per heavy atom. The molecule has 1 aliphatic rings. The molecule has 2 amide bonds. The molecule has 0 aromatic heterocycles. The smallest absolute Gasteiger partial charge is 0.245 e. The van der Waals surface area contributed by atoms with Gasteiger partial charge in [0.05, 0.1) is 6.42 Å². The molecule has 0 aliphatic carbocycles. The topological polar surface area (TPSA) is 61.4 Å². The van der Waals surface area contributed by atoms with Gasteiger partial charge in [-0.2, -0.15) is 0 Å². The minimum absolute atomic E-state index is 0. The Hall–Kier alpha value is -2.11. The number of hydrogen-bond acceptors (Lipinski definition) is 3. The molecule has 6 heteroatoms. The lowest BCUT2D eigenvalue weighted by atomic mass is 9.95. The van der Waals surface area contributed by atoms with Crippen LogP contribution in [0.5, 0.6) is 0 Å². The Bertz CT molecular complexity index is 847. The summed E-state index contributed by atoms with van der Waals surface area (Å²) in [6, 6.07) is 13.7. The van der Waals surface area contributed by atoms with Gasteiger partial charge in [-0.15, -0.1) is 12.4 Å². The number of carbonyl (C=O) groups is 2. The fourth-order valence-corrected chi connectivity index (χ4v) is 4.12. The van der Waals surface area contributed by atoms with Crippen LogP contribution in [0.4, 0.5) is 0 Å². The van der Waals surface area contributed by atoms with E-state index in [1.807, 2.05) is 56.1 Å². The lowest BCUT2D eigenvalue weighted by Gasteiger charge is -2.35. The van der Waals surface area contributed by atoms with Crippen LogP contribution >= 0.6 is 12.4 Å². The average molecular weight is 432 g/mol. The largest absolute Gasteiger partial charge is 0.344 e. The Labute approximate surface area is 186 Å². The van der Waals surface area contributed by atoms with Crippen LogP contribution in [0.15, 0.2) is 42.5 Å². The first-order valence-electron chi connectivity index (χ1n) is 10.7. The van der Waals surface area contributed by atoms with Gasteiger partial charge < -0.3 is 15.5 Å². The molecule has 1 fully saturated rings. The summed E-state index contributed by atoms with van der Waals surface area (Å²) in [5, 5.41) is 8.51. The molecule has 30 heavy (non-hydrogen) atoms. The van der Waals surface area contributed by atoms with E-state index < -0.39 is 6.04 Å². The van der Waals surface area contributed by atoms with E-state index in [0.717, 1.165) is 48.8 Å². The predicted molar refractivity (Wildman–Crippen MR) is 125 cm³/mol. The number of rotatable bonds is 7. The Balaban J connectivity index is 0.00000320. The van der Waals surface area contributed by atoms with Crippen molar-refractivity contribution in [2.75, 3.05) is 26.7 Å². The summed E-state index contributed by atoms with van der Waals surface area (Å²) >= 11 is 0. The van der Waals surface area contributed by atoms with Crippen molar-refractivity contribution in [2.24, 2.45) is 11.8 Å². The van der Waals surface area contributed by atoms with Gasteiger partial charge in [0.25, 0.3) is 0 Å². The van der Waals surface area contributed by atoms with Crippen LogP contribution in [-0.4, -0.2) is 49.4 Å². The molecule has 0 saturated carbocycles. The molecule has 0 radical (unpaired) electrons. The zero-order valence-corrected chi connectivity index (χ0v) is 19.0. The molecule has 164 valence electrons. The molecular weight excluding hydrogens is 398 g/mol. The molecule has 2 aromatic carbocycles. The van der Waals surface area contributed by atoms with Crippen molar-refractivity contribution >= 4 is 35.0 Å². The number of fused-ring (bicyclic) bond motifs is 1.